The van der Waals surface area contributed by atoms with Gasteiger partial charge in [0.1, 0.15) is 5.75 Å². The van der Waals surface area contributed by atoms with Crippen LogP contribution in [0, 0.1) is 0 Å². The fourth-order valence-corrected chi connectivity index (χ4v) is 4.92. The molecule has 0 aliphatic carbocycles. The zero-order chi connectivity index (χ0) is 26.4. The van der Waals surface area contributed by atoms with E-state index in [1.165, 1.54) is 6.42 Å². The second-order valence-electron chi connectivity index (χ2n) is 8.63. The van der Waals surface area contributed by atoms with Gasteiger partial charge in [-0.15, -0.1) is 0 Å². The molecule has 0 saturated carbocycles. The van der Waals surface area contributed by atoms with Crippen LogP contribution in [0.25, 0.3) is 0 Å². The Bertz CT molecular complexity index is 1300. The van der Waals surface area contributed by atoms with Crippen molar-refractivity contribution in [1.82, 2.24) is 5.32 Å². The number of urea groups is 1. The molecule has 0 unspecified atom stereocenters. The number of carbonyl (C=O) groups excluding carboxylic acids is 2. The molecule has 37 heavy (non-hydrogen) atoms. The fourth-order valence-electron chi connectivity index (χ4n) is 4.21. The van der Waals surface area contributed by atoms with Crippen LogP contribution in [0.3, 0.4) is 0 Å². The molecule has 3 aromatic carbocycles. The van der Waals surface area contributed by atoms with Crippen molar-refractivity contribution in [3.8, 4) is 5.75 Å². The number of methoxy groups -OCH3 is 1. The number of piperidine rings is 1. The first-order valence-electron chi connectivity index (χ1n) is 11.9. The summed E-state index contributed by atoms with van der Waals surface area (Å²) in [6, 6.07) is 15.4. The number of nitrogens with one attached hydrogen (secondary N) is 3. The maximum Gasteiger partial charge on any atom is 0.323 e. The number of rotatable bonds is 7. The van der Waals surface area contributed by atoms with Gasteiger partial charge in [-0.25, -0.2) is 4.79 Å². The molecular formula is C27H27BrCl2N4O3. The zero-order valence-corrected chi connectivity index (χ0v) is 23.3. The van der Waals surface area contributed by atoms with Gasteiger partial charge in [-0.3, -0.25) is 4.79 Å². The summed E-state index contributed by atoms with van der Waals surface area (Å²) in [5, 5.41) is 9.37. The molecule has 1 aliphatic rings. The average Bonchev–Trinajstić information content (AvgIpc) is 2.90. The van der Waals surface area contributed by atoms with Crippen molar-refractivity contribution in [2.75, 3.05) is 35.7 Å². The number of carbonyl (C=O) groups is 2. The van der Waals surface area contributed by atoms with Gasteiger partial charge in [0.05, 0.1) is 28.5 Å². The first kappa shape index (κ1) is 27.1. The van der Waals surface area contributed by atoms with E-state index >= 15 is 0 Å². The molecule has 0 bridgehead atoms. The van der Waals surface area contributed by atoms with E-state index < -0.39 is 6.03 Å². The minimum Gasteiger partial charge on any atom is -0.496 e. The lowest BCUT2D eigenvalue weighted by atomic mass is 10.1. The second-order valence-corrected chi connectivity index (χ2v) is 10.4. The molecular weight excluding hydrogens is 579 g/mol. The summed E-state index contributed by atoms with van der Waals surface area (Å²) in [5.41, 5.74) is 3.19. The predicted molar refractivity (Wildman–Crippen MR) is 153 cm³/mol. The Morgan fingerprint density at radius 3 is 2.46 bits per heavy atom. The van der Waals surface area contributed by atoms with E-state index in [1.54, 1.807) is 37.4 Å². The molecule has 3 aromatic rings. The van der Waals surface area contributed by atoms with Gasteiger partial charge >= 0.3 is 6.03 Å². The number of anilines is 3. The van der Waals surface area contributed by atoms with Crippen molar-refractivity contribution in [2.24, 2.45) is 0 Å². The molecule has 1 fully saturated rings. The molecule has 3 N–H and O–H groups in total. The van der Waals surface area contributed by atoms with Crippen molar-refractivity contribution in [1.29, 1.82) is 0 Å². The van der Waals surface area contributed by atoms with E-state index in [0.29, 0.717) is 32.7 Å². The zero-order valence-electron chi connectivity index (χ0n) is 20.2. The van der Waals surface area contributed by atoms with Crippen molar-refractivity contribution in [3.63, 3.8) is 0 Å². The minimum absolute atomic E-state index is 0.264. The second kappa shape index (κ2) is 12.5. The lowest BCUT2D eigenvalue weighted by Crippen LogP contribution is -2.31. The SMILES string of the molecule is COc1ccc(Br)cc1CNC(=O)c1ccc(N2CCCCC2)c(NC(=O)Nc2ccc(Cl)c(Cl)c2)c1. The third-order valence-corrected chi connectivity index (χ3v) is 7.30. The average molecular weight is 606 g/mol. The van der Waals surface area contributed by atoms with E-state index in [1.807, 2.05) is 24.3 Å². The number of benzene rings is 3. The van der Waals surface area contributed by atoms with Gasteiger partial charge in [-0.1, -0.05) is 39.1 Å². The number of halogens is 3. The minimum atomic E-state index is -0.451. The molecule has 1 saturated heterocycles. The van der Waals surface area contributed by atoms with Crippen LogP contribution in [-0.4, -0.2) is 32.1 Å². The first-order valence-corrected chi connectivity index (χ1v) is 13.4. The summed E-state index contributed by atoms with van der Waals surface area (Å²) in [5.74, 6) is 0.422. The Morgan fingerprint density at radius 2 is 1.73 bits per heavy atom. The first-order chi connectivity index (χ1) is 17.8. The Kier molecular flexibility index (Phi) is 9.18. The van der Waals surface area contributed by atoms with Crippen molar-refractivity contribution < 1.29 is 14.3 Å². The highest BCUT2D eigenvalue weighted by atomic mass is 79.9. The Labute approximate surface area is 234 Å². The Morgan fingerprint density at radius 1 is 0.946 bits per heavy atom. The number of hydrogen-bond acceptors (Lipinski definition) is 4. The van der Waals surface area contributed by atoms with Gasteiger partial charge in [-0.2, -0.15) is 0 Å². The molecule has 10 heteroatoms. The van der Waals surface area contributed by atoms with E-state index in [-0.39, 0.29) is 12.5 Å². The van der Waals surface area contributed by atoms with Crippen LogP contribution in [0.2, 0.25) is 10.0 Å². The topological polar surface area (TPSA) is 82.7 Å². The normalized spacial score (nSPS) is 13.1. The van der Waals surface area contributed by atoms with Gasteiger partial charge in [0.25, 0.3) is 5.91 Å². The molecule has 3 amide bonds. The smallest absolute Gasteiger partial charge is 0.323 e. The molecule has 0 atom stereocenters. The molecule has 1 aliphatic heterocycles. The summed E-state index contributed by atoms with van der Waals surface area (Å²) in [6.45, 7) is 2.06. The highest BCUT2D eigenvalue weighted by Crippen LogP contribution is 2.31. The van der Waals surface area contributed by atoms with Crippen LogP contribution >= 0.6 is 39.1 Å². The maximum absolute atomic E-state index is 13.1. The third kappa shape index (κ3) is 7.09. The standard InChI is InChI=1S/C27H27BrCl2N4O3/c1-37-25-10-6-19(28)13-18(25)16-31-26(35)17-5-9-24(34-11-3-2-4-12-34)23(14-17)33-27(36)32-20-7-8-21(29)22(30)15-20/h5-10,13-15H,2-4,11-12,16H2,1H3,(H,31,35)(H2,32,33,36). The van der Waals surface area contributed by atoms with Crippen LogP contribution < -0.4 is 25.6 Å². The monoisotopic (exact) mass is 604 g/mol. The third-order valence-electron chi connectivity index (χ3n) is 6.06. The lowest BCUT2D eigenvalue weighted by Gasteiger charge is -2.30. The Hall–Kier alpha value is -2.94. The molecule has 0 spiro atoms. The van der Waals surface area contributed by atoms with Crippen molar-refractivity contribution in [3.05, 3.63) is 80.2 Å². The number of hydrogen-bond donors (Lipinski definition) is 3. The van der Waals surface area contributed by atoms with Crippen LogP contribution in [-0.2, 0) is 6.54 Å². The summed E-state index contributed by atoms with van der Waals surface area (Å²) in [4.78, 5) is 28.2. The molecule has 7 nitrogen and oxygen atoms in total. The predicted octanol–water partition coefficient (Wildman–Crippen LogP) is 7.33. The quantitative estimate of drug-likeness (QED) is 0.263. The highest BCUT2D eigenvalue weighted by molar-refractivity contribution is 9.10. The van der Waals surface area contributed by atoms with Crippen molar-refractivity contribution in [2.45, 2.75) is 25.8 Å². The fraction of sp³-hybridized carbons (Fsp3) is 0.259. The van der Waals surface area contributed by atoms with Gasteiger partial charge in [0, 0.05) is 40.9 Å². The largest absolute Gasteiger partial charge is 0.496 e. The molecule has 0 aromatic heterocycles. The number of amides is 3. The Balaban J connectivity index is 1.53. The van der Waals surface area contributed by atoms with E-state index in [0.717, 1.165) is 41.7 Å². The van der Waals surface area contributed by atoms with E-state index in [2.05, 4.69) is 36.8 Å². The van der Waals surface area contributed by atoms with Gasteiger partial charge in [0.15, 0.2) is 0 Å². The number of ether oxygens (including phenoxy) is 1. The van der Waals surface area contributed by atoms with Crippen molar-refractivity contribution >= 4 is 68.1 Å². The molecule has 0 radical (unpaired) electrons. The van der Waals surface area contributed by atoms with Crippen LogP contribution in [0.1, 0.15) is 35.2 Å². The summed E-state index contributed by atoms with van der Waals surface area (Å²) < 4.78 is 6.29. The summed E-state index contributed by atoms with van der Waals surface area (Å²) in [7, 11) is 1.59. The van der Waals surface area contributed by atoms with Gasteiger partial charge in [0.2, 0.25) is 0 Å². The van der Waals surface area contributed by atoms with Gasteiger partial charge < -0.3 is 25.6 Å². The molecule has 4 rings (SSSR count). The van der Waals surface area contributed by atoms with Crippen LogP contribution in [0.5, 0.6) is 5.75 Å². The summed E-state index contributed by atoms with van der Waals surface area (Å²) in [6.07, 6.45) is 3.33. The number of nitrogens with zero attached hydrogens (tertiary/aromatic N) is 1. The van der Waals surface area contributed by atoms with Gasteiger partial charge in [-0.05, 0) is 73.9 Å². The lowest BCUT2D eigenvalue weighted by molar-refractivity contribution is 0.0950. The highest BCUT2D eigenvalue weighted by Gasteiger charge is 2.19. The summed E-state index contributed by atoms with van der Waals surface area (Å²) >= 11 is 15.5. The molecule has 1 heterocycles. The maximum atomic E-state index is 13.1. The van der Waals surface area contributed by atoms with Crippen LogP contribution in [0.15, 0.2) is 59.1 Å². The molecule has 194 valence electrons. The van der Waals surface area contributed by atoms with Crippen LogP contribution in [0.4, 0.5) is 21.9 Å². The van der Waals surface area contributed by atoms with E-state index in [9.17, 15) is 9.59 Å². The van der Waals surface area contributed by atoms with E-state index in [4.69, 9.17) is 27.9 Å².